The molecule has 1 fully saturated rings. The Morgan fingerprint density at radius 2 is 2.36 bits per heavy atom. The fourth-order valence-corrected chi connectivity index (χ4v) is 1.61. The quantitative estimate of drug-likeness (QED) is 0.715. The Morgan fingerprint density at radius 3 is 3.07 bits per heavy atom. The third-order valence-corrected chi connectivity index (χ3v) is 2.36. The van der Waals surface area contributed by atoms with Gasteiger partial charge < -0.3 is 10.1 Å². The smallest absolute Gasteiger partial charge is 0.125 e. The van der Waals surface area contributed by atoms with E-state index in [4.69, 9.17) is 4.74 Å². The van der Waals surface area contributed by atoms with Gasteiger partial charge in [0.05, 0.1) is 12.3 Å². The maximum absolute atomic E-state index is 5.65. The van der Waals surface area contributed by atoms with Gasteiger partial charge in [-0.3, -0.25) is 0 Å². The van der Waals surface area contributed by atoms with Crippen molar-refractivity contribution in [3.63, 3.8) is 0 Å². The molecule has 1 aromatic rings. The minimum Gasteiger partial charge on any atom is -0.369 e. The maximum atomic E-state index is 5.65. The summed E-state index contributed by atoms with van der Waals surface area (Å²) >= 11 is 0. The molecule has 1 aliphatic rings. The van der Waals surface area contributed by atoms with Crippen LogP contribution in [0.1, 0.15) is 23.2 Å². The summed E-state index contributed by atoms with van der Waals surface area (Å²) in [4.78, 5) is 8.57. The summed E-state index contributed by atoms with van der Waals surface area (Å²) in [7, 11) is 0. The highest BCUT2D eigenvalue weighted by Crippen LogP contribution is 2.19. The molecule has 0 bridgehead atoms. The molecule has 2 heterocycles. The van der Waals surface area contributed by atoms with Crippen LogP contribution in [-0.2, 0) is 4.74 Å². The lowest BCUT2D eigenvalue weighted by atomic mass is 10.1. The normalized spacial score (nSPS) is 22.3. The van der Waals surface area contributed by atoms with Crippen LogP contribution in [0.15, 0.2) is 6.20 Å². The Balaban J connectivity index is 2.24. The summed E-state index contributed by atoms with van der Waals surface area (Å²) < 4.78 is 5.65. The van der Waals surface area contributed by atoms with E-state index in [1.807, 2.05) is 20.0 Å². The van der Waals surface area contributed by atoms with Crippen LogP contribution in [0.25, 0.3) is 0 Å². The number of hydrogen-bond acceptors (Lipinski definition) is 4. The number of morpholine rings is 1. The van der Waals surface area contributed by atoms with Crippen molar-refractivity contribution in [1.82, 2.24) is 15.3 Å². The van der Waals surface area contributed by atoms with E-state index in [9.17, 15) is 0 Å². The Morgan fingerprint density at radius 1 is 1.50 bits per heavy atom. The SMILES string of the molecule is Cc1ncc(C)c(C2CNCCO2)n1. The van der Waals surface area contributed by atoms with Crippen molar-refractivity contribution in [1.29, 1.82) is 0 Å². The van der Waals surface area contributed by atoms with Crippen LogP contribution in [0.5, 0.6) is 0 Å². The first kappa shape index (κ1) is 9.55. The zero-order chi connectivity index (χ0) is 9.97. The van der Waals surface area contributed by atoms with Crippen LogP contribution in [0.3, 0.4) is 0 Å². The molecule has 4 heteroatoms. The van der Waals surface area contributed by atoms with Crippen molar-refractivity contribution in [3.8, 4) is 0 Å². The first-order valence-electron chi connectivity index (χ1n) is 4.90. The highest BCUT2D eigenvalue weighted by molar-refractivity contribution is 5.18. The Bertz CT molecular complexity index is 321. The van der Waals surface area contributed by atoms with Gasteiger partial charge in [0.1, 0.15) is 11.9 Å². The average Bonchev–Trinajstić information content (AvgIpc) is 2.23. The molecule has 2 rings (SSSR count). The molecule has 1 aromatic heterocycles. The van der Waals surface area contributed by atoms with Gasteiger partial charge in [-0.1, -0.05) is 0 Å². The van der Waals surface area contributed by atoms with Crippen LogP contribution in [0.4, 0.5) is 0 Å². The molecule has 1 unspecified atom stereocenters. The van der Waals surface area contributed by atoms with Crippen molar-refractivity contribution < 1.29 is 4.74 Å². The molecule has 0 spiro atoms. The lowest BCUT2D eigenvalue weighted by Gasteiger charge is -2.24. The fourth-order valence-electron chi connectivity index (χ4n) is 1.61. The summed E-state index contributed by atoms with van der Waals surface area (Å²) in [5.41, 5.74) is 2.12. The number of nitrogens with one attached hydrogen (secondary N) is 1. The van der Waals surface area contributed by atoms with Gasteiger partial charge in [0.25, 0.3) is 0 Å². The molecule has 1 saturated heterocycles. The molecule has 0 amide bonds. The fraction of sp³-hybridized carbons (Fsp3) is 0.600. The van der Waals surface area contributed by atoms with E-state index >= 15 is 0 Å². The van der Waals surface area contributed by atoms with Crippen molar-refractivity contribution in [2.24, 2.45) is 0 Å². The van der Waals surface area contributed by atoms with Crippen LogP contribution in [-0.4, -0.2) is 29.7 Å². The number of aryl methyl sites for hydroxylation is 2. The Hall–Kier alpha value is -1.00. The van der Waals surface area contributed by atoms with E-state index in [1.54, 1.807) is 0 Å². The first-order chi connectivity index (χ1) is 6.77. The predicted octanol–water partition coefficient (Wildman–Crippen LogP) is 0.754. The largest absolute Gasteiger partial charge is 0.369 e. The second-order valence-electron chi connectivity index (χ2n) is 3.55. The van der Waals surface area contributed by atoms with Gasteiger partial charge in [-0.25, -0.2) is 9.97 Å². The molecule has 14 heavy (non-hydrogen) atoms. The average molecular weight is 193 g/mol. The van der Waals surface area contributed by atoms with Gasteiger partial charge in [-0.2, -0.15) is 0 Å². The molecule has 76 valence electrons. The number of aromatic nitrogens is 2. The third kappa shape index (κ3) is 1.91. The molecule has 0 aromatic carbocycles. The minimum atomic E-state index is 0.0884. The monoisotopic (exact) mass is 193 g/mol. The van der Waals surface area contributed by atoms with E-state index in [1.165, 1.54) is 0 Å². The number of nitrogens with zero attached hydrogens (tertiary/aromatic N) is 2. The molecule has 1 N–H and O–H groups in total. The number of hydrogen-bond donors (Lipinski definition) is 1. The molecular formula is C10H15N3O. The zero-order valence-corrected chi connectivity index (χ0v) is 8.58. The second-order valence-corrected chi connectivity index (χ2v) is 3.55. The lowest BCUT2D eigenvalue weighted by Crippen LogP contribution is -2.34. The molecule has 4 nitrogen and oxygen atoms in total. The number of rotatable bonds is 1. The van der Waals surface area contributed by atoms with E-state index in [2.05, 4.69) is 15.3 Å². The molecule has 0 saturated carbocycles. The highest BCUT2D eigenvalue weighted by Gasteiger charge is 2.19. The Labute approximate surface area is 83.7 Å². The van der Waals surface area contributed by atoms with Gasteiger partial charge in [0.2, 0.25) is 0 Å². The van der Waals surface area contributed by atoms with Crippen LogP contribution in [0, 0.1) is 13.8 Å². The summed E-state index contributed by atoms with van der Waals surface area (Å²) in [5, 5.41) is 3.29. The van der Waals surface area contributed by atoms with Crippen LogP contribution in [0.2, 0.25) is 0 Å². The molecule has 1 aliphatic heterocycles. The summed E-state index contributed by atoms with van der Waals surface area (Å²) in [5.74, 6) is 0.805. The third-order valence-electron chi connectivity index (χ3n) is 2.36. The first-order valence-corrected chi connectivity index (χ1v) is 4.90. The predicted molar refractivity (Wildman–Crippen MR) is 53.1 cm³/mol. The molecule has 0 radical (unpaired) electrons. The van der Waals surface area contributed by atoms with Gasteiger partial charge >= 0.3 is 0 Å². The van der Waals surface area contributed by atoms with Crippen molar-refractivity contribution in [2.75, 3.05) is 19.7 Å². The van der Waals surface area contributed by atoms with Gasteiger partial charge in [0, 0.05) is 19.3 Å². The van der Waals surface area contributed by atoms with E-state index in [-0.39, 0.29) is 6.10 Å². The van der Waals surface area contributed by atoms with Gasteiger partial charge in [-0.15, -0.1) is 0 Å². The van der Waals surface area contributed by atoms with Gasteiger partial charge in [-0.05, 0) is 19.4 Å². The second kappa shape index (κ2) is 4.02. The maximum Gasteiger partial charge on any atom is 0.125 e. The number of ether oxygens (including phenoxy) is 1. The lowest BCUT2D eigenvalue weighted by molar-refractivity contribution is 0.0244. The van der Waals surface area contributed by atoms with Crippen molar-refractivity contribution in [2.45, 2.75) is 20.0 Å². The van der Waals surface area contributed by atoms with Crippen LogP contribution < -0.4 is 5.32 Å². The van der Waals surface area contributed by atoms with E-state index < -0.39 is 0 Å². The highest BCUT2D eigenvalue weighted by atomic mass is 16.5. The standard InChI is InChI=1S/C10H15N3O/c1-7-5-12-8(2)13-10(7)9-6-11-3-4-14-9/h5,9,11H,3-4,6H2,1-2H3. The summed E-state index contributed by atoms with van der Waals surface area (Å²) in [6.45, 7) is 6.45. The van der Waals surface area contributed by atoms with Crippen molar-refractivity contribution in [3.05, 3.63) is 23.3 Å². The topological polar surface area (TPSA) is 47.0 Å². The van der Waals surface area contributed by atoms with Crippen molar-refractivity contribution >= 4 is 0 Å². The van der Waals surface area contributed by atoms with Gasteiger partial charge in [0.15, 0.2) is 0 Å². The zero-order valence-electron chi connectivity index (χ0n) is 8.58. The summed E-state index contributed by atoms with van der Waals surface area (Å²) in [6, 6.07) is 0. The molecule has 1 atom stereocenters. The summed E-state index contributed by atoms with van der Waals surface area (Å²) in [6.07, 6.45) is 1.95. The van der Waals surface area contributed by atoms with Crippen LogP contribution >= 0.6 is 0 Å². The molecule has 0 aliphatic carbocycles. The minimum absolute atomic E-state index is 0.0884. The van der Waals surface area contributed by atoms with E-state index in [0.717, 1.165) is 36.8 Å². The molecular weight excluding hydrogens is 178 g/mol. The Kier molecular flexibility index (Phi) is 2.74. The van der Waals surface area contributed by atoms with E-state index in [0.29, 0.717) is 0 Å².